The maximum absolute atomic E-state index is 5.00. The number of rotatable bonds is 0. The Morgan fingerprint density at radius 2 is 2.57 bits per heavy atom. The molecular formula is C6H10O. The molecule has 1 aliphatic heterocycles. The summed E-state index contributed by atoms with van der Waals surface area (Å²) in [5.41, 5.74) is 0. The van der Waals surface area contributed by atoms with Crippen LogP contribution in [0.25, 0.3) is 0 Å². The van der Waals surface area contributed by atoms with Crippen molar-refractivity contribution in [3.05, 3.63) is 12.3 Å². The predicted molar refractivity (Wildman–Crippen MR) is 28.9 cm³/mol. The van der Waals surface area contributed by atoms with Gasteiger partial charge < -0.3 is 4.74 Å². The summed E-state index contributed by atoms with van der Waals surface area (Å²) in [6, 6.07) is 0. The Morgan fingerprint density at radius 1 is 1.71 bits per heavy atom. The molecular weight excluding hydrogens is 88.1 g/mol. The van der Waals surface area contributed by atoms with Crippen molar-refractivity contribution in [3.8, 4) is 0 Å². The molecule has 1 atom stereocenters. The van der Waals surface area contributed by atoms with E-state index in [1.165, 1.54) is 6.42 Å². The van der Waals surface area contributed by atoms with Crippen molar-refractivity contribution in [2.45, 2.75) is 13.3 Å². The van der Waals surface area contributed by atoms with Crippen LogP contribution in [0.5, 0.6) is 0 Å². The molecule has 1 heterocycles. The molecule has 0 aromatic heterocycles. The van der Waals surface area contributed by atoms with Gasteiger partial charge >= 0.3 is 0 Å². The molecule has 0 saturated carbocycles. The number of allylic oxidation sites excluding steroid dienone is 1. The average molecular weight is 98.1 g/mol. The van der Waals surface area contributed by atoms with Gasteiger partial charge in [-0.2, -0.15) is 0 Å². The van der Waals surface area contributed by atoms with E-state index in [1.54, 1.807) is 6.26 Å². The monoisotopic (exact) mass is 98.1 g/mol. The molecule has 0 amide bonds. The van der Waals surface area contributed by atoms with Crippen LogP contribution in [0.4, 0.5) is 0 Å². The highest BCUT2D eigenvalue weighted by atomic mass is 16.5. The summed E-state index contributed by atoms with van der Waals surface area (Å²) in [4.78, 5) is 0. The van der Waals surface area contributed by atoms with Gasteiger partial charge in [0.05, 0.1) is 12.9 Å². The predicted octanol–water partition coefficient (Wildman–Crippen LogP) is 1.56. The topological polar surface area (TPSA) is 9.23 Å². The Kier molecular flexibility index (Phi) is 1.35. The van der Waals surface area contributed by atoms with E-state index in [2.05, 4.69) is 13.0 Å². The third-order valence-electron chi connectivity index (χ3n) is 1.11. The first kappa shape index (κ1) is 4.69. The molecule has 1 nitrogen and oxygen atoms in total. The summed E-state index contributed by atoms with van der Waals surface area (Å²) < 4.78 is 5.00. The van der Waals surface area contributed by atoms with Crippen LogP contribution in [0.2, 0.25) is 0 Å². The first-order valence-electron chi connectivity index (χ1n) is 2.66. The fourth-order valence-corrected chi connectivity index (χ4v) is 0.644. The zero-order valence-corrected chi connectivity index (χ0v) is 4.55. The van der Waals surface area contributed by atoms with E-state index in [9.17, 15) is 0 Å². The molecule has 0 fully saturated rings. The maximum Gasteiger partial charge on any atom is 0.0901 e. The second-order valence-corrected chi connectivity index (χ2v) is 2.05. The summed E-state index contributed by atoms with van der Waals surface area (Å²) in [5, 5.41) is 0. The van der Waals surface area contributed by atoms with Crippen LogP contribution in [0.3, 0.4) is 0 Å². The second kappa shape index (κ2) is 2.01. The summed E-state index contributed by atoms with van der Waals surface area (Å²) >= 11 is 0. The van der Waals surface area contributed by atoms with Crippen LogP contribution in [-0.4, -0.2) is 6.61 Å². The van der Waals surface area contributed by atoms with E-state index in [0.717, 1.165) is 12.5 Å². The highest BCUT2D eigenvalue weighted by Gasteiger charge is 2.01. The van der Waals surface area contributed by atoms with Crippen molar-refractivity contribution in [1.82, 2.24) is 0 Å². The van der Waals surface area contributed by atoms with Gasteiger partial charge in [-0.1, -0.05) is 6.92 Å². The van der Waals surface area contributed by atoms with Crippen LogP contribution in [0.1, 0.15) is 13.3 Å². The molecule has 1 aliphatic rings. The van der Waals surface area contributed by atoms with E-state index in [1.807, 2.05) is 0 Å². The Hall–Kier alpha value is -0.460. The van der Waals surface area contributed by atoms with Gasteiger partial charge in [-0.15, -0.1) is 0 Å². The van der Waals surface area contributed by atoms with Crippen molar-refractivity contribution in [1.29, 1.82) is 0 Å². The third kappa shape index (κ3) is 1.22. The standard InChI is InChI=1S/C6H10O/c1-6-3-2-4-7-5-6/h2,4,6H,3,5H2,1H3/t6-/m0/s1. The van der Waals surface area contributed by atoms with Gasteiger partial charge in [0.25, 0.3) is 0 Å². The lowest BCUT2D eigenvalue weighted by Crippen LogP contribution is -2.04. The molecule has 0 bridgehead atoms. The third-order valence-corrected chi connectivity index (χ3v) is 1.11. The Bertz CT molecular complexity index is 76.2. The molecule has 0 aromatic rings. The van der Waals surface area contributed by atoms with Gasteiger partial charge in [-0.25, -0.2) is 0 Å². The summed E-state index contributed by atoms with van der Waals surface area (Å²) in [6.45, 7) is 3.08. The van der Waals surface area contributed by atoms with Crippen molar-refractivity contribution >= 4 is 0 Å². The highest BCUT2D eigenvalue weighted by Crippen LogP contribution is 2.07. The van der Waals surface area contributed by atoms with Gasteiger partial charge in [-0.3, -0.25) is 0 Å². The van der Waals surface area contributed by atoms with Crippen molar-refractivity contribution in [2.24, 2.45) is 5.92 Å². The first-order chi connectivity index (χ1) is 3.39. The van der Waals surface area contributed by atoms with E-state index < -0.39 is 0 Å². The van der Waals surface area contributed by atoms with Gasteiger partial charge in [0, 0.05) is 0 Å². The molecule has 40 valence electrons. The van der Waals surface area contributed by atoms with E-state index >= 15 is 0 Å². The number of hydrogen-bond acceptors (Lipinski definition) is 1. The van der Waals surface area contributed by atoms with Crippen LogP contribution in [0, 0.1) is 5.92 Å². The van der Waals surface area contributed by atoms with Crippen molar-refractivity contribution < 1.29 is 4.74 Å². The quantitative estimate of drug-likeness (QED) is 0.446. The van der Waals surface area contributed by atoms with E-state index in [4.69, 9.17) is 4.74 Å². The molecule has 0 radical (unpaired) electrons. The average Bonchev–Trinajstić information content (AvgIpc) is 1.69. The molecule has 0 N–H and O–H groups in total. The first-order valence-corrected chi connectivity index (χ1v) is 2.66. The Balaban J connectivity index is 2.32. The molecule has 0 saturated heterocycles. The number of hydrogen-bond donors (Lipinski definition) is 0. The largest absolute Gasteiger partial charge is 0.501 e. The molecule has 0 aromatic carbocycles. The number of ether oxygens (including phenoxy) is 1. The molecule has 0 unspecified atom stereocenters. The second-order valence-electron chi connectivity index (χ2n) is 2.05. The van der Waals surface area contributed by atoms with Crippen LogP contribution in [0.15, 0.2) is 12.3 Å². The molecule has 0 aliphatic carbocycles. The molecule has 1 heteroatoms. The fraction of sp³-hybridized carbons (Fsp3) is 0.667. The smallest absolute Gasteiger partial charge is 0.0901 e. The minimum atomic E-state index is 0.727. The van der Waals surface area contributed by atoms with Gasteiger partial charge in [-0.05, 0) is 18.4 Å². The fourth-order valence-electron chi connectivity index (χ4n) is 0.644. The van der Waals surface area contributed by atoms with Crippen molar-refractivity contribution in [3.63, 3.8) is 0 Å². The van der Waals surface area contributed by atoms with Crippen LogP contribution in [-0.2, 0) is 4.74 Å². The van der Waals surface area contributed by atoms with Gasteiger partial charge in [0.2, 0.25) is 0 Å². The highest BCUT2D eigenvalue weighted by molar-refractivity contribution is 4.80. The van der Waals surface area contributed by atoms with Crippen LogP contribution >= 0.6 is 0 Å². The zero-order valence-electron chi connectivity index (χ0n) is 4.55. The van der Waals surface area contributed by atoms with E-state index in [0.29, 0.717) is 0 Å². The van der Waals surface area contributed by atoms with Gasteiger partial charge in [0.15, 0.2) is 0 Å². The zero-order chi connectivity index (χ0) is 5.11. The molecule has 0 spiro atoms. The summed E-state index contributed by atoms with van der Waals surface area (Å²) in [7, 11) is 0. The lowest BCUT2D eigenvalue weighted by Gasteiger charge is -2.11. The lowest BCUT2D eigenvalue weighted by molar-refractivity contribution is 0.186. The minimum Gasteiger partial charge on any atom is -0.501 e. The molecule has 7 heavy (non-hydrogen) atoms. The Labute approximate surface area is 44.0 Å². The van der Waals surface area contributed by atoms with Gasteiger partial charge in [0.1, 0.15) is 0 Å². The Morgan fingerprint density at radius 3 is 2.86 bits per heavy atom. The lowest BCUT2D eigenvalue weighted by atomic mass is 10.1. The minimum absolute atomic E-state index is 0.727. The normalized spacial score (nSPS) is 29.6. The summed E-state index contributed by atoms with van der Waals surface area (Å²) in [5.74, 6) is 0.727. The van der Waals surface area contributed by atoms with Crippen LogP contribution < -0.4 is 0 Å². The molecule has 1 rings (SSSR count). The van der Waals surface area contributed by atoms with E-state index in [-0.39, 0.29) is 0 Å². The SMILES string of the molecule is C[C@H]1CC=COC1. The maximum atomic E-state index is 5.00. The summed E-state index contributed by atoms with van der Waals surface area (Å²) in [6.07, 6.45) is 5.02. The van der Waals surface area contributed by atoms with Crippen molar-refractivity contribution in [2.75, 3.05) is 6.61 Å².